The van der Waals surface area contributed by atoms with Crippen LogP contribution in [-0.4, -0.2) is 47.7 Å². The van der Waals surface area contributed by atoms with Crippen molar-refractivity contribution < 1.29 is 5.11 Å². The highest BCUT2D eigenvalue weighted by Gasteiger charge is 2.23. The number of aliphatic hydroxyl groups is 1. The van der Waals surface area contributed by atoms with E-state index in [1.165, 1.54) is 0 Å². The van der Waals surface area contributed by atoms with Crippen LogP contribution in [0.2, 0.25) is 0 Å². The Morgan fingerprint density at radius 1 is 1.30 bits per heavy atom. The molecule has 4 heteroatoms. The van der Waals surface area contributed by atoms with E-state index in [1.807, 2.05) is 24.3 Å². The fourth-order valence-electron chi connectivity index (χ4n) is 2.78. The Morgan fingerprint density at radius 2 is 2.10 bits per heavy atom. The zero-order chi connectivity index (χ0) is 14.1. The first-order chi connectivity index (χ1) is 9.69. The van der Waals surface area contributed by atoms with Crippen molar-refractivity contribution in [3.05, 3.63) is 35.9 Å². The number of anilines is 1. The minimum Gasteiger partial charge on any atom is -0.392 e. The van der Waals surface area contributed by atoms with Gasteiger partial charge in [-0.25, -0.2) is 4.98 Å². The molecule has 1 aliphatic rings. The molecule has 1 N–H and O–H groups in total. The zero-order valence-electron chi connectivity index (χ0n) is 12.1. The fraction of sp³-hybridized carbons (Fsp3) is 0.438. The molecule has 1 aromatic carbocycles. The molecule has 4 nitrogen and oxygen atoms in total. The van der Waals surface area contributed by atoms with E-state index in [9.17, 15) is 5.11 Å². The van der Waals surface area contributed by atoms with Crippen LogP contribution < -0.4 is 4.90 Å². The van der Waals surface area contributed by atoms with E-state index < -0.39 is 0 Å². The smallest absolute Gasteiger partial charge is 0.134 e. The number of fused-ring (bicyclic) bond motifs is 1. The second-order valence-corrected chi connectivity index (χ2v) is 5.60. The summed E-state index contributed by atoms with van der Waals surface area (Å²) in [7, 11) is 2.16. The lowest BCUT2D eigenvalue weighted by atomic mass is 10.1. The summed E-state index contributed by atoms with van der Waals surface area (Å²) in [6, 6.07) is 10.6. The summed E-state index contributed by atoms with van der Waals surface area (Å²) in [5.41, 5.74) is 1.91. The number of benzene rings is 1. The van der Waals surface area contributed by atoms with Crippen LogP contribution in [0.25, 0.3) is 10.9 Å². The van der Waals surface area contributed by atoms with E-state index >= 15 is 0 Å². The third kappa shape index (κ3) is 2.37. The summed E-state index contributed by atoms with van der Waals surface area (Å²) < 4.78 is 0. The maximum atomic E-state index is 9.65. The SMILES string of the molecule is CC1CN(c2nc3ccccc3cc2CO)CCN1C. The molecule has 1 saturated heterocycles. The zero-order valence-corrected chi connectivity index (χ0v) is 12.1. The Balaban J connectivity index is 2.01. The standard InChI is InChI=1S/C16H21N3O/c1-12-10-19(8-7-18(12)2)16-14(11-20)9-13-5-3-4-6-15(13)17-16/h3-6,9,12,20H,7-8,10-11H2,1-2H3. The normalized spacial score (nSPS) is 20.6. The fourth-order valence-corrected chi connectivity index (χ4v) is 2.78. The molecule has 20 heavy (non-hydrogen) atoms. The number of aliphatic hydroxyl groups excluding tert-OH is 1. The summed E-state index contributed by atoms with van der Waals surface area (Å²) in [4.78, 5) is 9.43. The number of hydrogen-bond donors (Lipinski definition) is 1. The van der Waals surface area contributed by atoms with Crippen molar-refractivity contribution in [2.45, 2.75) is 19.6 Å². The van der Waals surface area contributed by atoms with E-state index in [0.29, 0.717) is 6.04 Å². The van der Waals surface area contributed by atoms with Crippen LogP contribution >= 0.6 is 0 Å². The Morgan fingerprint density at radius 3 is 2.85 bits per heavy atom. The van der Waals surface area contributed by atoms with Gasteiger partial charge in [-0.15, -0.1) is 0 Å². The van der Waals surface area contributed by atoms with Gasteiger partial charge in [0.15, 0.2) is 0 Å². The predicted octanol–water partition coefficient (Wildman–Crippen LogP) is 1.87. The van der Waals surface area contributed by atoms with Crippen LogP contribution in [0.1, 0.15) is 12.5 Å². The minimum absolute atomic E-state index is 0.0356. The number of aromatic nitrogens is 1. The number of likely N-dealkylation sites (N-methyl/N-ethyl adjacent to an activating group) is 1. The molecular formula is C16H21N3O. The van der Waals surface area contributed by atoms with Gasteiger partial charge >= 0.3 is 0 Å². The molecule has 1 fully saturated rings. The second-order valence-electron chi connectivity index (χ2n) is 5.60. The number of para-hydroxylation sites is 1. The molecule has 106 valence electrons. The highest BCUT2D eigenvalue weighted by Crippen LogP contribution is 2.25. The molecule has 0 saturated carbocycles. The molecule has 1 atom stereocenters. The van der Waals surface area contributed by atoms with Gasteiger partial charge in [0.2, 0.25) is 0 Å². The third-order valence-corrected chi connectivity index (χ3v) is 4.21. The summed E-state index contributed by atoms with van der Waals surface area (Å²) in [5.74, 6) is 0.936. The number of hydrogen-bond acceptors (Lipinski definition) is 4. The Bertz CT molecular complexity index is 614. The summed E-state index contributed by atoms with van der Waals surface area (Å²) in [6.45, 7) is 5.20. The van der Waals surface area contributed by atoms with Crippen molar-refractivity contribution in [3.8, 4) is 0 Å². The van der Waals surface area contributed by atoms with Crippen molar-refractivity contribution in [2.75, 3.05) is 31.6 Å². The van der Waals surface area contributed by atoms with Crippen molar-refractivity contribution >= 4 is 16.7 Å². The molecule has 3 rings (SSSR count). The molecule has 0 amide bonds. The molecule has 0 bridgehead atoms. The molecule has 2 heterocycles. The first kappa shape index (κ1) is 13.3. The summed E-state index contributed by atoms with van der Waals surface area (Å²) in [6.07, 6.45) is 0. The molecule has 0 aliphatic carbocycles. The van der Waals surface area contributed by atoms with Crippen LogP contribution in [0.4, 0.5) is 5.82 Å². The first-order valence-electron chi connectivity index (χ1n) is 7.13. The van der Waals surface area contributed by atoms with Gasteiger partial charge in [0.1, 0.15) is 5.82 Å². The lowest BCUT2D eigenvalue weighted by Crippen LogP contribution is -2.50. The Hall–Kier alpha value is -1.65. The van der Waals surface area contributed by atoms with Crippen LogP contribution in [0.15, 0.2) is 30.3 Å². The van der Waals surface area contributed by atoms with Crippen molar-refractivity contribution in [1.29, 1.82) is 0 Å². The summed E-state index contributed by atoms with van der Waals surface area (Å²) >= 11 is 0. The number of piperazine rings is 1. The van der Waals surface area contributed by atoms with Gasteiger partial charge in [-0.2, -0.15) is 0 Å². The summed E-state index contributed by atoms with van der Waals surface area (Å²) in [5, 5.41) is 10.7. The second kappa shape index (κ2) is 5.38. The van der Waals surface area contributed by atoms with Crippen molar-refractivity contribution in [1.82, 2.24) is 9.88 Å². The lowest BCUT2D eigenvalue weighted by molar-refractivity contribution is 0.232. The van der Waals surface area contributed by atoms with E-state index in [-0.39, 0.29) is 6.61 Å². The number of pyridine rings is 1. The van der Waals surface area contributed by atoms with Gasteiger partial charge < -0.3 is 14.9 Å². The van der Waals surface area contributed by atoms with Gasteiger partial charge in [-0.05, 0) is 26.1 Å². The average Bonchev–Trinajstić information content (AvgIpc) is 2.48. The minimum atomic E-state index is 0.0356. The topological polar surface area (TPSA) is 39.6 Å². The number of nitrogens with zero attached hydrogens (tertiary/aromatic N) is 3. The van der Waals surface area contributed by atoms with Gasteiger partial charge in [-0.3, -0.25) is 0 Å². The highest BCUT2D eigenvalue weighted by molar-refractivity contribution is 5.81. The molecular weight excluding hydrogens is 250 g/mol. The third-order valence-electron chi connectivity index (χ3n) is 4.21. The van der Waals surface area contributed by atoms with Crippen LogP contribution in [0.3, 0.4) is 0 Å². The maximum Gasteiger partial charge on any atom is 0.134 e. The average molecular weight is 271 g/mol. The van der Waals surface area contributed by atoms with Gasteiger partial charge in [0.05, 0.1) is 12.1 Å². The molecule has 1 aromatic heterocycles. The number of rotatable bonds is 2. The van der Waals surface area contributed by atoms with Crippen LogP contribution in [-0.2, 0) is 6.61 Å². The molecule has 0 spiro atoms. The molecule has 1 unspecified atom stereocenters. The van der Waals surface area contributed by atoms with Crippen molar-refractivity contribution in [2.24, 2.45) is 0 Å². The van der Waals surface area contributed by atoms with E-state index in [2.05, 4.69) is 29.8 Å². The van der Waals surface area contributed by atoms with Crippen LogP contribution in [0.5, 0.6) is 0 Å². The van der Waals surface area contributed by atoms with Gasteiger partial charge in [-0.1, -0.05) is 18.2 Å². The largest absolute Gasteiger partial charge is 0.392 e. The predicted molar refractivity (Wildman–Crippen MR) is 82.0 cm³/mol. The van der Waals surface area contributed by atoms with Gasteiger partial charge in [0.25, 0.3) is 0 Å². The van der Waals surface area contributed by atoms with E-state index in [1.54, 1.807) is 0 Å². The van der Waals surface area contributed by atoms with Crippen LogP contribution in [0, 0.1) is 0 Å². The molecule has 1 aliphatic heterocycles. The monoisotopic (exact) mass is 271 g/mol. The highest BCUT2D eigenvalue weighted by atomic mass is 16.3. The Kier molecular flexibility index (Phi) is 3.59. The quantitative estimate of drug-likeness (QED) is 0.905. The lowest BCUT2D eigenvalue weighted by Gasteiger charge is -2.39. The first-order valence-corrected chi connectivity index (χ1v) is 7.13. The maximum absolute atomic E-state index is 9.65. The van der Waals surface area contributed by atoms with Crippen molar-refractivity contribution in [3.63, 3.8) is 0 Å². The molecule has 0 radical (unpaired) electrons. The van der Waals surface area contributed by atoms with E-state index in [0.717, 1.165) is 41.9 Å². The molecule has 2 aromatic rings. The van der Waals surface area contributed by atoms with Gasteiger partial charge in [0, 0.05) is 36.6 Å². The van der Waals surface area contributed by atoms with E-state index in [4.69, 9.17) is 4.98 Å². The Labute approximate surface area is 119 Å².